The molecule has 0 spiro atoms. The maximum atomic E-state index is 11.4. The van der Waals surface area contributed by atoms with Gasteiger partial charge in [-0.25, -0.2) is 0 Å². The number of amides is 1. The molecule has 1 amide bonds. The third kappa shape index (κ3) is 1.91. The maximum Gasteiger partial charge on any atom is 0.292 e. The Morgan fingerprint density at radius 2 is 2.56 bits per heavy atom. The van der Waals surface area contributed by atoms with E-state index in [1.807, 2.05) is 0 Å². The van der Waals surface area contributed by atoms with E-state index in [-0.39, 0.29) is 11.7 Å². The molecule has 2 heterocycles. The molecule has 1 fully saturated rings. The van der Waals surface area contributed by atoms with Gasteiger partial charge in [0.15, 0.2) is 5.60 Å². The number of rotatable bonds is 3. The Labute approximate surface area is 92.2 Å². The lowest BCUT2D eigenvalue weighted by molar-refractivity contribution is 0.0242. The Bertz CT molecular complexity index is 384. The van der Waals surface area contributed by atoms with E-state index in [9.17, 15) is 9.90 Å². The molecule has 7 heteroatoms. The first-order valence-electron chi connectivity index (χ1n) is 5.21. The van der Waals surface area contributed by atoms with Crippen LogP contribution in [0.3, 0.4) is 0 Å². The summed E-state index contributed by atoms with van der Waals surface area (Å²) in [6.07, 6.45) is 0.504. The SMILES string of the molecule is CCNC(=O)c1noc(C2(O)CCNC2)n1. The number of nitrogens with one attached hydrogen (secondary N) is 2. The Kier molecular flexibility index (Phi) is 2.88. The van der Waals surface area contributed by atoms with Crippen molar-refractivity contribution in [3.8, 4) is 0 Å². The van der Waals surface area contributed by atoms with Crippen LogP contribution in [0.5, 0.6) is 0 Å². The minimum atomic E-state index is -1.14. The van der Waals surface area contributed by atoms with Gasteiger partial charge in [-0.15, -0.1) is 0 Å². The molecule has 0 saturated carbocycles. The summed E-state index contributed by atoms with van der Waals surface area (Å²) in [7, 11) is 0. The first kappa shape index (κ1) is 11.0. The van der Waals surface area contributed by atoms with Crippen LogP contribution in [0.2, 0.25) is 0 Å². The standard InChI is InChI=1S/C9H14N4O3/c1-2-11-7(14)6-12-8(16-13-6)9(15)3-4-10-5-9/h10,15H,2-5H2,1H3,(H,11,14). The number of hydrogen-bond acceptors (Lipinski definition) is 6. The van der Waals surface area contributed by atoms with Crippen molar-refractivity contribution in [1.82, 2.24) is 20.8 Å². The van der Waals surface area contributed by atoms with Gasteiger partial charge in [-0.1, -0.05) is 5.16 Å². The Morgan fingerprint density at radius 1 is 1.75 bits per heavy atom. The van der Waals surface area contributed by atoms with E-state index in [1.165, 1.54) is 0 Å². The molecule has 2 rings (SSSR count). The zero-order chi connectivity index (χ0) is 11.6. The van der Waals surface area contributed by atoms with Crippen molar-refractivity contribution in [1.29, 1.82) is 0 Å². The minimum Gasteiger partial charge on any atom is -0.379 e. The lowest BCUT2D eigenvalue weighted by Crippen LogP contribution is -2.29. The lowest BCUT2D eigenvalue weighted by Gasteiger charge is -2.14. The summed E-state index contributed by atoms with van der Waals surface area (Å²) in [5.41, 5.74) is -1.14. The third-order valence-electron chi connectivity index (χ3n) is 2.50. The highest BCUT2D eigenvalue weighted by Crippen LogP contribution is 2.25. The molecule has 1 aromatic heterocycles. The van der Waals surface area contributed by atoms with Crippen LogP contribution in [0, 0.1) is 0 Å². The fraction of sp³-hybridized carbons (Fsp3) is 0.667. The Hall–Kier alpha value is -1.47. The van der Waals surface area contributed by atoms with E-state index in [2.05, 4.69) is 20.8 Å². The van der Waals surface area contributed by atoms with Crippen LogP contribution < -0.4 is 10.6 Å². The summed E-state index contributed by atoms with van der Waals surface area (Å²) >= 11 is 0. The molecule has 1 saturated heterocycles. The summed E-state index contributed by atoms with van der Waals surface area (Å²) < 4.78 is 4.91. The monoisotopic (exact) mass is 226 g/mol. The second-order valence-corrected chi connectivity index (χ2v) is 3.74. The number of nitrogens with zero attached hydrogens (tertiary/aromatic N) is 2. The molecule has 3 N–H and O–H groups in total. The second-order valence-electron chi connectivity index (χ2n) is 3.74. The summed E-state index contributed by atoms with van der Waals surface area (Å²) in [5.74, 6) is -0.344. The average Bonchev–Trinajstić information content (AvgIpc) is 2.86. The Balaban J connectivity index is 2.16. The molecule has 1 aromatic rings. The molecule has 0 radical (unpaired) electrons. The zero-order valence-electron chi connectivity index (χ0n) is 8.99. The molecule has 7 nitrogen and oxygen atoms in total. The molecule has 1 aliphatic rings. The largest absolute Gasteiger partial charge is 0.379 e. The van der Waals surface area contributed by atoms with Gasteiger partial charge in [0.1, 0.15) is 0 Å². The van der Waals surface area contributed by atoms with Gasteiger partial charge >= 0.3 is 0 Å². The number of aliphatic hydroxyl groups is 1. The van der Waals surface area contributed by atoms with Crippen molar-refractivity contribution in [3.63, 3.8) is 0 Å². The highest BCUT2D eigenvalue weighted by Gasteiger charge is 2.39. The predicted molar refractivity (Wildman–Crippen MR) is 53.7 cm³/mol. The average molecular weight is 226 g/mol. The molecule has 0 aromatic carbocycles. The van der Waals surface area contributed by atoms with Gasteiger partial charge in [-0.2, -0.15) is 4.98 Å². The fourth-order valence-electron chi connectivity index (χ4n) is 1.61. The summed E-state index contributed by atoms with van der Waals surface area (Å²) in [6, 6.07) is 0. The van der Waals surface area contributed by atoms with Gasteiger partial charge in [-0.3, -0.25) is 4.79 Å². The van der Waals surface area contributed by atoms with Crippen molar-refractivity contribution in [2.45, 2.75) is 18.9 Å². The molecule has 0 bridgehead atoms. The smallest absolute Gasteiger partial charge is 0.292 e. The molecule has 88 valence electrons. The van der Waals surface area contributed by atoms with Gasteiger partial charge < -0.3 is 20.3 Å². The Morgan fingerprint density at radius 3 is 3.19 bits per heavy atom. The van der Waals surface area contributed by atoms with Crippen LogP contribution in [0.25, 0.3) is 0 Å². The van der Waals surface area contributed by atoms with Crippen LogP contribution in [0.4, 0.5) is 0 Å². The number of carbonyl (C=O) groups excluding carboxylic acids is 1. The first-order chi connectivity index (χ1) is 7.65. The fourth-order valence-corrected chi connectivity index (χ4v) is 1.61. The summed E-state index contributed by atoms with van der Waals surface area (Å²) in [4.78, 5) is 15.3. The van der Waals surface area contributed by atoms with Gasteiger partial charge in [0.2, 0.25) is 0 Å². The molecule has 1 unspecified atom stereocenters. The molecule has 0 aliphatic carbocycles. The third-order valence-corrected chi connectivity index (χ3v) is 2.50. The van der Waals surface area contributed by atoms with Crippen molar-refractivity contribution >= 4 is 5.91 Å². The van der Waals surface area contributed by atoms with E-state index in [4.69, 9.17) is 4.52 Å². The summed E-state index contributed by atoms with van der Waals surface area (Å²) in [6.45, 7) is 3.35. The van der Waals surface area contributed by atoms with Gasteiger partial charge in [0.25, 0.3) is 17.6 Å². The molecular weight excluding hydrogens is 212 g/mol. The highest BCUT2D eigenvalue weighted by molar-refractivity contribution is 5.90. The molecular formula is C9H14N4O3. The van der Waals surface area contributed by atoms with Crippen molar-refractivity contribution < 1.29 is 14.4 Å². The highest BCUT2D eigenvalue weighted by atomic mass is 16.5. The number of β-amino-alcohol motifs (C(OH)–C–C–N with tert-alkyl or cyclic N) is 1. The minimum absolute atomic E-state index is 0.0443. The molecule has 1 aliphatic heterocycles. The van der Waals surface area contributed by atoms with Crippen molar-refractivity contribution in [3.05, 3.63) is 11.7 Å². The number of carbonyl (C=O) groups is 1. The number of aromatic nitrogens is 2. The quantitative estimate of drug-likeness (QED) is 0.611. The van der Waals surface area contributed by atoms with Crippen LogP contribution in [0.15, 0.2) is 4.52 Å². The number of hydrogen-bond donors (Lipinski definition) is 3. The van der Waals surface area contributed by atoms with E-state index < -0.39 is 11.5 Å². The van der Waals surface area contributed by atoms with Crippen molar-refractivity contribution in [2.75, 3.05) is 19.6 Å². The van der Waals surface area contributed by atoms with E-state index in [0.717, 1.165) is 0 Å². The predicted octanol–water partition coefficient (Wildman–Crippen LogP) is -1.000. The topological polar surface area (TPSA) is 100 Å². The van der Waals surface area contributed by atoms with Crippen LogP contribution in [-0.2, 0) is 5.60 Å². The van der Waals surface area contributed by atoms with E-state index in [1.54, 1.807) is 6.92 Å². The van der Waals surface area contributed by atoms with Crippen LogP contribution in [0.1, 0.15) is 29.9 Å². The van der Waals surface area contributed by atoms with Gasteiger partial charge in [0.05, 0.1) is 0 Å². The lowest BCUT2D eigenvalue weighted by atomic mass is 10.0. The summed E-state index contributed by atoms with van der Waals surface area (Å²) in [5, 5.41) is 19.2. The molecule has 16 heavy (non-hydrogen) atoms. The van der Waals surface area contributed by atoms with Gasteiger partial charge in [-0.05, 0) is 19.9 Å². The van der Waals surface area contributed by atoms with Gasteiger partial charge in [0, 0.05) is 13.1 Å². The first-order valence-corrected chi connectivity index (χ1v) is 5.21. The van der Waals surface area contributed by atoms with Crippen LogP contribution in [-0.4, -0.2) is 40.8 Å². The van der Waals surface area contributed by atoms with E-state index in [0.29, 0.717) is 26.1 Å². The second kappa shape index (κ2) is 4.18. The van der Waals surface area contributed by atoms with Crippen LogP contribution >= 0.6 is 0 Å². The molecule has 1 atom stereocenters. The maximum absolute atomic E-state index is 11.4. The normalized spacial score (nSPS) is 24.6. The van der Waals surface area contributed by atoms with E-state index >= 15 is 0 Å². The zero-order valence-corrected chi connectivity index (χ0v) is 8.99. The van der Waals surface area contributed by atoms with Crippen molar-refractivity contribution in [2.24, 2.45) is 0 Å².